The Bertz CT molecular complexity index is 591. The number of likely N-dealkylation sites (tertiary alicyclic amines) is 1. The maximum atomic E-state index is 10.7. The molecular weight excluding hydrogens is 228 g/mol. The molecule has 1 aliphatic rings. The standard InChI is InChI=1S/C14H14N2O2/c17-14(18)12-8-16(9-12)7-10-3-4-13-11(6-10)2-1-5-15-13/h1-6,12H,7-9H2,(H,17,18). The van der Waals surface area contributed by atoms with Gasteiger partial charge in [0.05, 0.1) is 11.4 Å². The van der Waals surface area contributed by atoms with Gasteiger partial charge in [0, 0.05) is 31.2 Å². The van der Waals surface area contributed by atoms with Crippen LogP contribution in [0.15, 0.2) is 36.5 Å². The Balaban J connectivity index is 1.70. The fraction of sp³-hybridized carbons (Fsp3) is 0.286. The van der Waals surface area contributed by atoms with Crippen molar-refractivity contribution in [1.29, 1.82) is 0 Å². The number of carboxylic acid groups (broad SMARTS) is 1. The van der Waals surface area contributed by atoms with Gasteiger partial charge in [-0.05, 0) is 23.8 Å². The van der Waals surface area contributed by atoms with Gasteiger partial charge in [-0.15, -0.1) is 0 Å². The summed E-state index contributed by atoms with van der Waals surface area (Å²) in [6.45, 7) is 2.12. The van der Waals surface area contributed by atoms with Crippen LogP contribution in [0, 0.1) is 5.92 Å². The number of aromatic nitrogens is 1. The average Bonchev–Trinajstić information content (AvgIpc) is 2.32. The molecule has 0 bridgehead atoms. The fourth-order valence-electron chi connectivity index (χ4n) is 2.34. The Morgan fingerprint density at radius 1 is 1.39 bits per heavy atom. The predicted molar refractivity (Wildman–Crippen MR) is 68.1 cm³/mol. The summed E-state index contributed by atoms with van der Waals surface area (Å²) in [5.74, 6) is -0.874. The van der Waals surface area contributed by atoms with Gasteiger partial charge in [0.15, 0.2) is 0 Å². The average molecular weight is 242 g/mol. The van der Waals surface area contributed by atoms with Crippen molar-refractivity contribution in [2.24, 2.45) is 5.92 Å². The highest BCUT2D eigenvalue weighted by Crippen LogP contribution is 2.20. The number of hydrogen-bond acceptors (Lipinski definition) is 3. The zero-order chi connectivity index (χ0) is 12.5. The monoisotopic (exact) mass is 242 g/mol. The molecule has 4 heteroatoms. The van der Waals surface area contributed by atoms with Crippen LogP contribution in [0.3, 0.4) is 0 Å². The van der Waals surface area contributed by atoms with Gasteiger partial charge in [-0.2, -0.15) is 0 Å². The number of rotatable bonds is 3. The maximum absolute atomic E-state index is 10.7. The van der Waals surface area contributed by atoms with Crippen molar-refractivity contribution in [1.82, 2.24) is 9.88 Å². The van der Waals surface area contributed by atoms with Gasteiger partial charge in [-0.25, -0.2) is 0 Å². The third-order valence-electron chi connectivity index (χ3n) is 3.38. The lowest BCUT2D eigenvalue weighted by Crippen LogP contribution is -2.49. The van der Waals surface area contributed by atoms with E-state index in [0.29, 0.717) is 13.1 Å². The quantitative estimate of drug-likeness (QED) is 0.891. The molecule has 0 aliphatic carbocycles. The van der Waals surface area contributed by atoms with Crippen molar-refractivity contribution >= 4 is 16.9 Å². The summed E-state index contributed by atoms with van der Waals surface area (Å²) in [6.07, 6.45) is 1.79. The van der Waals surface area contributed by atoms with E-state index in [4.69, 9.17) is 5.11 Å². The molecule has 18 heavy (non-hydrogen) atoms. The molecular formula is C14H14N2O2. The zero-order valence-corrected chi connectivity index (χ0v) is 9.91. The van der Waals surface area contributed by atoms with Crippen molar-refractivity contribution in [3.63, 3.8) is 0 Å². The van der Waals surface area contributed by atoms with Crippen LogP contribution >= 0.6 is 0 Å². The van der Waals surface area contributed by atoms with Gasteiger partial charge in [0.25, 0.3) is 0 Å². The second-order valence-corrected chi connectivity index (χ2v) is 4.76. The first kappa shape index (κ1) is 11.2. The van der Waals surface area contributed by atoms with Crippen LogP contribution in [0.25, 0.3) is 10.9 Å². The van der Waals surface area contributed by atoms with Crippen LogP contribution in [0.2, 0.25) is 0 Å². The zero-order valence-electron chi connectivity index (χ0n) is 9.91. The molecule has 4 nitrogen and oxygen atoms in total. The number of nitrogens with zero attached hydrogens (tertiary/aromatic N) is 2. The number of carboxylic acids is 1. The third-order valence-corrected chi connectivity index (χ3v) is 3.38. The summed E-state index contributed by atoms with van der Waals surface area (Å²) in [5.41, 5.74) is 2.20. The number of benzene rings is 1. The van der Waals surface area contributed by atoms with Gasteiger partial charge in [0.1, 0.15) is 0 Å². The molecule has 2 aromatic rings. The number of carbonyl (C=O) groups is 1. The molecule has 0 amide bonds. The Labute approximate surface area is 105 Å². The van der Waals surface area contributed by atoms with E-state index >= 15 is 0 Å². The first-order valence-electron chi connectivity index (χ1n) is 6.01. The van der Waals surface area contributed by atoms with E-state index in [0.717, 1.165) is 17.4 Å². The topological polar surface area (TPSA) is 53.4 Å². The van der Waals surface area contributed by atoms with Crippen LogP contribution in [0.5, 0.6) is 0 Å². The minimum Gasteiger partial charge on any atom is -0.481 e. The summed E-state index contributed by atoms with van der Waals surface area (Å²) >= 11 is 0. The van der Waals surface area contributed by atoms with E-state index < -0.39 is 5.97 Å². The Morgan fingerprint density at radius 3 is 3.00 bits per heavy atom. The van der Waals surface area contributed by atoms with E-state index in [-0.39, 0.29) is 5.92 Å². The molecule has 1 fully saturated rings. The molecule has 0 saturated carbocycles. The molecule has 0 radical (unpaired) electrons. The van der Waals surface area contributed by atoms with Crippen molar-refractivity contribution in [3.8, 4) is 0 Å². The smallest absolute Gasteiger partial charge is 0.309 e. The van der Waals surface area contributed by atoms with Gasteiger partial charge in [0.2, 0.25) is 0 Å². The lowest BCUT2D eigenvalue weighted by atomic mass is 9.99. The molecule has 2 heterocycles. The highest BCUT2D eigenvalue weighted by Gasteiger charge is 2.32. The molecule has 1 aromatic heterocycles. The summed E-state index contributed by atoms with van der Waals surface area (Å²) in [6, 6.07) is 10.2. The van der Waals surface area contributed by atoms with E-state index in [2.05, 4.69) is 22.0 Å². The van der Waals surface area contributed by atoms with Crippen molar-refractivity contribution < 1.29 is 9.90 Å². The molecule has 0 unspecified atom stereocenters. The highest BCUT2D eigenvalue weighted by atomic mass is 16.4. The van der Waals surface area contributed by atoms with Crippen LogP contribution in [0.4, 0.5) is 0 Å². The van der Waals surface area contributed by atoms with Crippen molar-refractivity contribution in [2.75, 3.05) is 13.1 Å². The molecule has 3 rings (SSSR count). The molecule has 1 aromatic carbocycles. The third kappa shape index (κ3) is 2.07. The predicted octanol–water partition coefficient (Wildman–Crippen LogP) is 1.75. The minimum absolute atomic E-state index is 0.188. The SMILES string of the molecule is O=C(O)C1CN(Cc2ccc3ncccc3c2)C1. The Morgan fingerprint density at radius 2 is 2.22 bits per heavy atom. The number of hydrogen-bond donors (Lipinski definition) is 1. The summed E-state index contributed by atoms with van der Waals surface area (Å²) in [7, 11) is 0. The summed E-state index contributed by atoms with van der Waals surface area (Å²) in [5, 5.41) is 9.95. The molecule has 1 N–H and O–H groups in total. The molecule has 0 atom stereocenters. The van der Waals surface area contributed by atoms with E-state index in [1.54, 1.807) is 6.20 Å². The largest absolute Gasteiger partial charge is 0.481 e. The Hall–Kier alpha value is -1.94. The molecule has 92 valence electrons. The maximum Gasteiger partial charge on any atom is 0.309 e. The first-order chi connectivity index (χ1) is 8.72. The van der Waals surface area contributed by atoms with Gasteiger partial charge in [-0.3, -0.25) is 14.7 Å². The summed E-state index contributed by atoms with van der Waals surface area (Å²) in [4.78, 5) is 17.1. The van der Waals surface area contributed by atoms with Gasteiger partial charge >= 0.3 is 5.97 Å². The van der Waals surface area contributed by atoms with Crippen molar-refractivity contribution in [3.05, 3.63) is 42.1 Å². The lowest BCUT2D eigenvalue weighted by molar-refractivity contribution is -0.147. The van der Waals surface area contributed by atoms with Gasteiger partial charge in [-0.1, -0.05) is 12.1 Å². The fourth-order valence-corrected chi connectivity index (χ4v) is 2.34. The highest BCUT2D eigenvalue weighted by molar-refractivity contribution is 5.78. The number of fused-ring (bicyclic) bond motifs is 1. The molecule has 1 aliphatic heterocycles. The van der Waals surface area contributed by atoms with Crippen LogP contribution in [-0.2, 0) is 11.3 Å². The Kier molecular flexibility index (Phi) is 2.72. The van der Waals surface area contributed by atoms with Gasteiger partial charge < -0.3 is 5.11 Å². The minimum atomic E-state index is -0.686. The van der Waals surface area contributed by atoms with E-state index in [1.807, 2.05) is 18.2 Å². The summed E-state index contributed by atoms with van der Waals surface area (Å²) < 4.78 is 0. The lowest BCUT2D eigenvalue weighted by Gasteiger charge is -2.36. The second-order valence-electron chi connectivity index (χ2n) is 4.76. The number of pyridine rings is 1. The molecule has 1 saturated heterocycles. The van der Waals surface area contributed by atoms with Crippen molar-refractivity contribution in [2.45, 2.75) is 6.54 Å². The van der Waals surface area contributed by atoms with Crippen LogP contribution in [0.1, 0.15) is 5.56 Å². The number of aliphatic carboxylic acids is 1. The van der Waals surface area contributed by atoms with E-state index in [1.165, 1.54) is 5.56 Å². The first-order valence-corrected chi connectivity index (χ1v) is 6.01. The second kappa shape index (κ2) is 4.38. The van der Waals surface area contributed by atoms with Crippen LogP contribution < -0.4 is 0 Å². The normalized spacial score (nSPS) is 16.7. The van der Waals surface area contributed by atoms with E-state index in [9.17, 15) is 4.79 Å². The molecule has 0 spiro atoms. The van der Waals surface area contributed by atoms with Crippen LogP contribution in [-0.4, -0.2) is 34.0 Å².